The van der Waals surface area contributed by atoms with E-state index in [-0.39, 0.29) is 16.5 Å². The number of para-hydroxylation sites is 1. The number of rotatable bonds is 4. The van der Waals surface area contributed by atoms with Crippen molar-refractivity contribution in [1.82, 2.24) is 14.9 Å². The second-order valence-corrected chi connectivity index (χ2v) is 9.12. The molecule has 152 valence electrons. The van der Waals surface area contributed by atoms with Crippen LogP contribution in [0.3, 0.4) is 0 Å². The van der Waals surface area contributed by atoms with E-state index in [0.29, 0.717) is 35.6 Å². The monoisotopic (exact) mass is 414 g/mol. The molecule has 0 unspecified atom stereocenters. The summed E-state index contributed by atoms with van der Waals surface area (Å²) in [5.74, 6) is 0.243. The third kappa shape index (κ3) is 3.91. The Kier molecular flexibility index (Phi) is 4.91. The lowest BCUT2D eigenvalue weighted by molar-refractivity contribution is 0.0684. The summed E-state index contributed by atoms with van der Waals surface area (Å²) in [7, 11) is -3.95. The Hall–Kier alpha value is -3.07. The van der Waals surface area contributed by atoms with Crippen LogP contribution in [-0.4, -0.2) is 42.3 Å². The predicted octanol–water partition coefficient (Wildman–Crippen LogP) is 2.53. The fourth-order valence-electron chi connectivity index (χ4n) is 3.69. The quantitative estimate of drug-likeness (QED) is 0.608. The largest absolute Gasteiger partial charge is 0.338 e. The molecular formula is C20H22N4O4S. The predicted molar refractivity (Wildman–Crippen MR) is 110 cm³/mol. The first kappa shape index (κ1) is 19.3. The number of piperidine rings is 1. The number of anilines is 1. The number of hydrogen-bond donors (Lipinski definition) is 3. The van der Waals surface area contributed by atoms with Gasteiger partial charge in [0.05, 0.1) is 27.2 Å². The van der Waals surface area contributed by atoms with Gasteiger partial charge in [0, 0.05) is 13.1 Å². The van der Waals surface area contributed by atoms with Gasteiger partial charge < -0.3 is 14.9 Å². The summed E-state index contributed by atoms with van der Waals surface area (Å²) in [4.78, 5) is 31.3. The highest BCUT2D eigenvalue weighted by molar-refractivity contribution is 7.92. The third-order valence-electron chi connectivity index (χ3n) is 5.14. The van der Waals surface area contributed by atoms with Crippen molar-refractivity contribution in [3.63, 3.8) is 0 Å². The van der Waals surface area contributed by atoms with Gasteiger partial charge in [0.1, 0.15) is 0 Å². The highest BCUT2D eigenvalue weighted by Crippen LogP contribution is 2.25. The number of nitrogens with one attached hydrogen (secondary N) is 3. The molecule has 0 aliphatic carbocycles. The first-order valence-electron chi connectivity index (χ1n) is 9.47. The van der Waals surface area contributed by atoms with Crippen molar-refractivity contribution in [2.24, 2.45) is 5.92 Å². The van der Waals surface area contributed by atoms with Gasteiger partial charge >= 0.3 is 5.69 Å². The first-order valence-corrected chi connectivity index (χ1v) is 10.9. The van der Waals surface area contributed by atoms with Crippen LogP contribution in [0.4, 0.5) is 5.69 Å². The molecule has 0 spiro atoms. The molecule has 2 aromatic carbocycles. The molecule has 8 nitrogen and oxygen atoms in total. The zero-order valence-electron chi connectivity index (χ0n) is 15.9. The maximum atomic E-state index is 13.0. The summed E-state index contributed by atoms with van der Waals surface area (Å²) in [6.07, 6.45) is 2.03. The number of carbonyl (C=O) groups excluding carboxylic acids is 1. The summed E-state index contributed by atoms with van der Waals surface area (Å²) < 4.78 is 28.4. The van der Waals surface area contributed by atoms with Crippen molar-refractivity contribution in [3.8, 4) is 0 Å². The number of nitrogens with zero attached hydrogens (tertiary/aromatic N) is 1. The van der Waals surface area contributed by atoms with Gasteiger partial charge in [-0.2, -0.15) is 0 Å². The number of benzene rings is 2. The minimum atomic E-state index is -3.95. The van der Waals surface area contributed by atoms with Crippen LogP contribution in [0, 0.1) is 5.92 Å². The number of carbonyl (C=O) groups is 1. The molecule has 0 saturated carbocycles. The lowest BCUT2D eigenvalue weighted by Crippen LogP contribution is -2.39. The number of likely N-dealkylation sites (tertiary alicyclic amines) is 1. The molecule has 1 aliphatic heterocycles. The number of H-pyrrole nitrogens is 2. The van der Waals surface area contributed by atoms with Crippen LogP contribution in [0.2, 0.25) is 0 Å². The average molecular weight is 414 g/mol. The molecule has 3 N–H and O–H groups in total. The van der Waals surface area contributed by atoms with Crippen molar-refractivity contribution < 1.29 is 13.2 Å². The van der Waals surface area contributed by atoms with Gasteiger partial charge in [-0.25, -0.2) is 13.2 Å². The third-order valence-corrected chi connectivity index (χ3v) is 6.51. The van der Waals surface area contributed by atoms with Crippen molar-refractivity contribution in [1.29, 1.82) is 0 Å². The van der Waals surface area contributed by atoms with E-state index in [4.69, 9.17) is 0 Å². The molecule has 1 atom stereocenters. The second-order valence-electron chi connectivity index (χ2n) is 7.44. The van der Waals surface area contributed by atoms with E-state index in [1.165, 1.54) is 18.2 Å². The molecule has 1 aliphatic rings. The van der Waals surface area contributed by atoms with E-state index in [9.17, 15) is 18.0 Å². The summed E-state index contributed by atoms with van der Waals surface area (Å²) in [6, 6.07) is 10.9. The van der Waals surface area contributed by atoms with Gasteiger partial charge in [-0.3, -0.25) is 9.52 Å². The summed E-state index contributed by atoms with van der Waals surface area (Å²) in [5, 5.41) is 0. The van der Waals surface area contributed by atoms with Crippen LogP contribution in [0.1, 0.15) is 30.1 Å². The number of imidazole rings is 1. The van der Waals surface area contributed by atoms with Crippen LogP contribution in [0.15, 0.2) is 52.2 Å². The number of sulfonamides is 1. The van der Waals surface area contributed by atoms with E-state index >= 15 is 0 Å². The van der Waals surface area contributed by atoms with Gasteiger partial charge in [0.15, 0.2) is 0 Å². The minimum absolute atomic E-state index is 0.00547. The normalized spacial score (nSPS) is 17.4. The lowest BCUT2D eigenvalue weighted by atomic mass is 9.99. The number of fused-ring (bicyclic) bond motifs is 1. The standard InChI is InChI=1S/C20H22N4O4S/c1-13-5-4-10-24(12-13)19(25)15-6-2-3-7-16(15)23-29(27,28)14-8-9-17-18(11-14)22-20(26)21-17/h2-3,6-9,11,13,23H,4-5,10,12H2,1H3,(H2,21,22,26)/t13-/m0/s1. The maximum Gasteiger partial charge on any atom is 0.323 e. The first-order chi connectivity index (χ1) is 13.8. The zero-order chi connectivity index (χ0) is 20.6. The smallest absolute Gasteiger partial charge is 0.323 e. The van der Waals surface area contributed by atoms with Crippen molar-refractivity contribution in [2.45, 2.75) is 24.7 Å². The van der Waals surface area contributed by atoms with Crippen molar-refractivity contribution >= 4 is 32.7 Å². The number of hydrogen-bond acceptors (Lipinski definition) is 4. The Labute approximate surface area is 168 Å². The average Bonchev–Trinajstić information content (AvgIpc) is 3.07. The summed E-state index contributed by atoms with van der Waals surface area (Å²) in [6.45, 7) is 3.44. The lowest BCUT2D eigenvalue weighted by Gasteiger charge is -2.31. The number of aromatic amines is 2. The highest BCUT2D eigenvalue weighted by Gasteiger charge is 2.25. The molecule has 0 radical (unpaired) electrons. The fraction of sp³-hybridized carbons (Fsp3) is 0.300. The molecule has 0 bridgehead atoms. The summed E-state index contributed by atoms with van der Waals surface area (Å²) in [5.41, 5.74) is 1.06. The van der Waals surface area contributed by atoms with E-state index < -0.39 is 15.7 Å². The molecule has 29 heavy (non-hydrogen) atoms. The fourth-order valence-corrected chi connectivity index (χ4v) is 4.79. The van der Waals surface area contributed by atoms with Crippen molar-refractivity contribution in [3.05, 3.63) is 58.5 Å². The van der Waals surface area contributed by atoms with Gasteiger partial charge in [-0.15, -0.1) is 0 Å². The number of aromatic nitrogens is 2. The maximum absolute atomic E-state index is 13.0. The molecule has 1 saturated heterocycles. The SMILES string of the molecule is C[C@H]1CCCN(C(=O)c2ccccc2NS(=O)(=O)c2ccc3[nH]c(=O)[nH]c3c2)C1. The minimum Gasteiger partial charge on any atom is -0.338 e. The Morgan fingerprint density at radius 2 is 1.90 bits per heavy atom. The molecule has 2 heterocycles. The molecule has 1 amide bonds. The van der Waals surface area contributed by atoms with E-state index in [1.54, 1.807) is 29.2 Å². The van der Waals surface area contributed by atoms with Gasteiger partial charge in [0.25, 0.3) is 15.9 Å². The molecule has 3 aromatic rings. The molecule has 9 heteroatoms. The zero-order valence-corrected chi connectivity index (χ0v) is 16.8. The highest BCUT2D eigenvalue weighted by atomic mass is 32.2. The topological polar surface area (TPSA) is 115 Å². The van der Waals surface area contributed by atoms with Gasteiger partial charge in [-0.1, -0.05) is 19.1 Å². The van der Waals surface area contributed by atoms with Crippen LogP contribution in [0.5, 0.6) is 0 Å². The Morgan fingerprint density at radius 3 is 2.69 bits per heavy atom. The van der Waals surface area contributed by atoms with Gasteiger partial charge in [0.2, 0.25) is 0 Å². The van der Waals surface area contributed by atoms with E-state index in [1.807, 2.05) is 0 Å². The van der Waals surface area contributed by atoms with Crippen molar-refractivity contribution in [2.75, 3.05) is 17.8 Å². The second kappa shape index (κ2) is 7.40. The number of amides is 1. The molecule has 1 aromatic heterocycles. The Bertz CT molecular complexity index is 1230. The van der Waals surface area contributed by atoms with Crippen LogP contribution in [0.25, 0.3) is 11.0 Å². The van der Waals surface area contributed by atoms with Gasteiger partial charge in [-0.05, 0) is 49.1 Å². The molecular weight excluding hydrogens is 392 g/mol. The Morgan fingerprint density at radius 1 is 1.14 bits per heavy atom. The summed E-state index contributed by atoms with van der Waals surface area (Å²) >= 11 is 0. The van der Waals surface area contributed by atoms with Crippen LogP contribution < -0.4 is 10.4 Å². The van der Waals surface area contributed by atoms with E-state index in [2.05, 4.69) is 21.6 Å². The van der Waals surface area contributed by atoms with E-state index in [0.717, 1.165) is 12.8 Å². The van der Waals surface area contributed by atoms with Crippen LogP contribution in [-0.2, 0) is 10.0 Å². The van der Waals surface area contributed by atoms with Crippen LogP contribution >= 0.6 is 0 Å². The Balaban J connectivity index is 1.64. The molecule has 1 fully saturated rings. The molecule has 4 rings (SSSR count).